The molecule has 0 heterocycles. The van der Waals surface area contributed by atoms with Gasteiger partial charge in [0.2, 0.25) is 0 Å². The van der Waals surface area contributed by atoms with Crippen molar-refractivity contribution in [2.24, 2.45) is 0 Å². The summed E-state index contributed by atoms with van der Waals surface area (Å²) in [5, 5.41) is 8.68. The SMILES string of the molecule is C=C(C)C(=O)OCCC(CC(=O)O)N(C)C. The summed E-state index contributed by atoms with van der Waals surface area (Å²) in [6.07, 6.45) is 0.538. The van der Waals surface area contributed by atoms with Crippen molar-refractivity contribution in [1.82, 2.24) is 4.90 Å². The summed E-state index contributed by atoms with van der Waals surface area (Å²) < 4.78 is 4.91. The normalized spacial score (nSPS) is 12.2. The Morgan fingerprint density at radius 3 is 2.38 bits per heavy atom. The molecule has 0 rings (SSSR count). The number of carbonyl (C=O) groups is 2. The molecule has 0 radical (unpaired) electrons. The molecular weight excluding hydrogens is 210 g/mol. The summed E-state index contributed by atoms with van der Waals surface area (Å²) in [6.45, 7) is 5.24. The lowest BCUT2D eigenvalue weighted by atomic mass is 10.1. The molecule has 0 amide bonds. The Labute approximate surface area is 95.7 Å². The zero-order valence-corrected chi connectivity index (χ0v) is 10.0. The minimum absolute atomic E-state index is 0.0393. The molecule has 0 aromatic carbocycles. The van der Waals surface area contributed by atoms with Gasteiger partial charge in [0.05, 0.1) is 13.0 Å². The van der Waals surface area contributed by atoms with E-state index in [0.717, 1.165) is 0 Å². The van der Waals surface area contributed by atoms with Gasteiger partial charge in [0.15, 0.2) is 0 Å². The average Bonchev–Trinajstić information content (AvgIpc) is 2.14. The lowest BCUT2D eigenvalue weighted by molar-refractivity contribution is -0.139. The Morgan fingerprint density at radius 1 is 1.44 bits per heavy atom. The van der Waals surface area contributed by atoms with Crippen molar-refractivity contribution >= 4 is 11.9 Å². The summed E-state index contributed by atoms with van der Waals surface area (Å²) >= 11 is 0. The standard InChI is InChI=1S/C11H19NO4/c1-8(2)11(15)16-6-5-9(12(3)4)7-10(13)14/h9H,1,5-7H2,2-4H3,(H,13,14). The fraction of sp³-hybridized carbons (Fsp3) is 0.636. The molecule has 0 spiro atoms. The molecule has 5 heteroatoms. The predicted octanol–water partition coefficient (Wildman–Crippen LogP) is 0.901. The topological polar surface area (TPSA) is 66.8 Å². The number of carbonyl (C=O) groups excluding carboxylic acids is 1. The van der Waals surface area contributed by atoms with Crippen LogP contribution in [0, 0.1) is 0 Å². The van der Waals surface area contributed by atoms with E-state index >= 15 is 0 Å². The second-order valence-electron chi connectivity index (χ2n) is 3.92. The van der Waals surface area contributed by atoms with Crippen LogP contribution in [0.15, 0.2) is 12.2 Å². The molecule has 5 nitrogen and oxygen atoms in total. The molecule has 0 aromatic rings. The molecular formula is C11H19NO4. The third-order valence-corrected chi connectivity index (χ3v) is 2.17. The quantitative estimate of drug-likeness (QED) is 0.519. The number of nitrogens with zero attached hydrogens (tertiary/aromatic N) is 1. The van der Waals surface area contributed by atoms with Crippen molar-refractivity contribution in [1.29, 1.82) is 0 Å². The lowest BCUT2D eigenvalue weighted by Gasteiger charge is -2.22. The maximum Gasteiger partial charge on any atom is 0.333 e. The second kappa shape index (κ2) is 7.00. The monoisotopic (exact) mass is 229 g/mol. The highest BCUT2D eigenvalue weighted by molar-refractivity contribution is 5.86. The molecule has 1 N–H and O–H groups in total. The van der Waals surface area contributed by atoms with Crippen molar-refractivity contribution < 1.29 is 19.4 Å². The van der Waals surface area contributed by atoms with E-state index in [2.05, 4.69) is 6.58 Å². The number of ether oxygens (including phenoxy) is 1. The highest BCUT2D eigenvalue weighted by Gasteiger charge is 2.16. The molecule has 92 valence electrons. The summed E-state index contributed by atoms with van der Waals surface area (Å²) in [5.41, 5.74) is 0.347. The maximum atomic E-state index is 11.1. The van der Waals surface area contributed by atoms with Gasteiger partial charge < -0.3 is 14.7 Å². The van der Waals surface area contributed by atoms with Gasteiger partial charge in [0, 0.05) is 11.6 Å². The molecule has 0 aliphatic heterocycles. The van der Waals surface area contributed by atoms with Crippen LogP contribution in [0.25, 0.3) is 0 Å². The third kappa shape index (κ3) is 6.19. The lowest BCUT2D eigenvalue weighted by Crippen LogP contribution is -2.31. The first kappa shape index (κ1) is 14.6. The summed E-state index contributed by atoms with van der Waals surface area (Å²) in [5.74, 6) is -1.29. The van der Waals surface area contributed by atoms with Crippen LogP contribution < -0.4 is 0 Å². The Kier molecular flexibility index (Phi) is 6.41. The first-order valence-corrected chi connectivity index (χ1v) is 5.05. The zero-order chi connectivity index (χ0) is 12.7. The van der Waals surface area contributed by atoms with Crippen LogP contribution in [0.5, 0.6) is 0 Å². The maximum absolute atomic E-state index is 11.1. The fourth-order valence-electron chi connectivity index (χ4n) is 1.16. The Balaban J connectivity index is 3.98. The minimum atomic E-state index is -0.857. The van der Waals surface area contributed by atoms with E-state index in [4.69, 9.17) is 9.84 Å². The largest absolute Gasteiger partial charge is 0.481 e. The van der Waals surface area contributed by atoms with Crippen molar-refractivity contribution in [3.8, 4) is 0 Å². The number of rotatable bonds is 7. The van der Waals surface area contributed by atoms with Gasteiger partial charge >= 0.3 is 11.9 Å². The molecule has 0 saturated heterocycles. The van der Waals surface area contributed by atoms with Crippen molar-refractivity contribution in [2.45, 2.75) is 25.8 Å². The molecule has 0 bridgehead atoms. The van der Waals surface area contributed by atoms with Crippen LogP contribution in [0.1, 0.15) is 19.8 Å². The van der Waals surface area contributed by atoms with Crippen LogP contribution >= 0.6 is 0 Å². The van der Waals surface area contributed by atoms with Gasteiger partial charge in [-0.1, -0.05) is 6.58 Å². The Bertz CT molecular complexity index is 273. The Hall–Kier alpha value is -1.36. The van der Waals surface area contributed by atoms with Crippen LogP contribution in [-0.2, 0) is 14.3 Å². The second-order valence-corrected chi connectivity index (χ2v) is 3.92. The molecule has 0 aliphatic rings. The van der Waals surface area contributed by atoms with Gasteiger partial charge in [0.25, 0.3) is 0 Å². The van der Waals surface area contributed by atoms with Crippen LogP contribution in [-0.4, -0.2) is 48.7 Å². The summed E-state index contributed by atoms with van der Waals surface area (Å²) in [7, 11) is 3.60. The molecule has 1 atom stereocenters. The number of hydrogen-bond acceptors (Lipinski definition) is 4. The van der Waals surface area contributed by atoms with E-state index in [9.17, 15) is 9.59 Å². The first-order chi connectivity index (χ1) is 7.34. The fourth-order valence-corrected chi connectivity index (χ4v) is 1.16. The van der Waals surface area contributed by atoms with E-state index in [-0.39, 0.29) is 19.1 Å². The smallest absolute Gasteiger partial charge is 0.333 e. The van der Waals surface area contributed by atoms with E-state index in [1.807, 2.05) is 4.90 Å². The van der Waals surface area contributed by atoms with Crippen molar-refractivity contribution in [3.05, 3.63) is 12.2 Å². The number of aliphatic carboxylic acids is 1. The summed E-state index contributed by atoms with van der Waals surface area (Å²) in [4.78, 5) is 23.4. The van der Waals surface area contributed by atoms with Gasteiger partial charge in [0.1, 0.15) is 0 Å². The molecule has 0 aromatic heterocycles. The first-order valence-electron chi connectivity index (χ1n) is 5.05. The zero-order valence-electron chi connectivity index (χ0n) is 10.0. The molecule has 0 fully saturated rings. The number of hydrogen-bond donors (Lipinski definition) is 1. The number of esters is 1. The van der Waals surface area contributed by atoms with E-state index < -0.39 is 11.9 Å². The number of carboxylic acid groups (broad SMARTS) is 1. The Morgan fingerprint density at radius 2 is 2.00 bits per heavy atom. The van der Waals surface area contributed by atoms with E-state index in [0.29, 0.717) is 12.0 Å². The number of carboxylic acids is 1. The van der Waals surface area contributed by atoms with E-state index in [1.54, 1.807) is 21.0 Å². The van der Waals surface area contributed by atoms with Crippen LogP contribution in [0.4, 0.5) is 0 Å². The predicted molar refractivity (Wildman–Crippen MR) is 60.1 cm³/mol. The van der Waals surface area contributed by atoms with Crippen LogP contribution in [0.3, 0.4) is 0 Å². The van der Waals surface area contributed by atoms with Crippen molar-refractivity contribution in [3.63, 3.8) is 0 Å². The molecule has 16 heavy (non-hydrogen) atoms. The molecule has 0 saturated carbocycles. The molecule has 1 unspecified atom stereocenters. The highest BCUT2D eigenvalue weighted by Crippen LogP contribution is 2.06. The van der Waals surface area contributed by atoms with Gasteiger partial charge in [-0.3, -0.25) is 4.79 Å². The van der Waals surface area contributed by atoms with Crippen LogP contribution in [0.2, 0.25) is 0 Å². The van der Waals surface area contributed by atoms with Gasteiger partial charge in [-0.05, 0) is 27.4 Å². The van der Waals surface area contributed by atoms with E-state index in [1.165, 1.54) is 0 Å². The third-order valence-electron chi connectivity index (χ3n) is 2.17. The minimum Gasteiger partial charge on any atom is -0.481 e. The summed E-state index contributed by atoms with van der Waals surface area (Å²) in [6, 6.07) is -0.129. The average molecular weight is 229 g/mol. The van der Waals surface area contributed by atoms with Gasteiger partial charge in [-0.15, -0.1) is 0 Å². The van der Waals surface area contributed by atoms with Gasteiger partial charge in [-0.25, -0.2) is 4.79 Å². The van der Waals surface area contributed by atoms with Gasteiger partial charge in [-0.2, -0.15) is 0 Å². The van der Waals surface area contributed by atoms with Crippen molar-refractivity contribution in [2.75, 3.05) is 20.7 Å². The highest BCUT2D eigenvalue weighted by atomic mass is 16.5. The molecule has 0 aliphatic carbocycles.